The van der Waals surface area contributed by atoms with Gasteiger partial charge >= 0.3 is 0 Å². The summed E-state index contributed by atoms with van der Waals surface area (Å²) in [5.74, 6) is 1.25. The molecular weight excluding hydrogens is 402 g/mol. The third-order valence-electron chi connectivity index (χ3n) is 6.71. The molecule has 3 saturated heterocycles. The number of hydrogen-bond acceptors (Lipinski definition) is 4. The van der Waals surface area contributed by atoms with Crippen LogP contribution in [0.4, 0.5) is 0 Å². The Hall–Kier alpha value is -3.38. The molecule has 164 valence electrons. The average Bonchev–Trinajstić information content (AvgIpc) is 2.85. The predicted octanol–water partition coefficient (Wildman–Crippen LogP) is 3.34. The van der Waals surface area contributed by atoms with Crippen molar-refractivity contribution in [3.63, 3.8) is 0 Å². The first-order chi connectivity index (χ1) is 15.6. The number of amides is 1. The lowest BCUT2D eigenvalue weighted by Crippen LogP contribution is -2.57. The summed E-state index contributed by atoms with van der Waals surface area (Å²) in [5.41, 5.74) is 3.17. The highest BCUT2D eigenvalue weighted by Crippen LogP contribution is 2.28. The summed E-state index contributed by atoms with van der Waals surface area (Å²) in [5, 5.41) is 3.20. The van der Waals surface area contributed by atoms with Crippen molar-refractivity contribution in [1.29, 1.82) is 0 Å². The van der Waals surface area contributed by atoms with Gasteiger partial charge in [0.1, 0.15) is 5.75 Å². The van der Waals surface area contributed by atoms with Crippen LogP contribution < -0.4 is 15.6 Å². The van der Waals surface area contributed by atoms with Crippen molar-refractivity contribution in [1.82, 2.24) is 14.8 Å². The second kappa shape index (κ2) is 8.63. The van der Waals surface area contributed by atoms with E-state index in [1.54, 1.807) is 19.4 Å². The summed E-state index contributed by atoms with van der Waals surface area (Å²) in [6.45, 7) is 3.19. The Morgan fingerprint density at radius 1 is 0.938 bits per heavy atom. The Morgan fingerprint density at radius 2 is 1.59 bits per heavy atom. The molecule has 6 nitrogen and oxygen atoms in total. The predicted molar refractivity (Wildman–Crippen MR) is 124 cm³/mol. The van der Waals surface area contributed by atoms with Crippen LogP contribution >= 0.6 is 0 Å². The molecule has 4 heterocycles. The zero-order valence-electron chi connectivity index (χ0n) is 18.2. The molecule has 6 rings (SSSR count). The summed E-state index contributed by atoms with van der Waals surface area (Å²) in [6, 6.07) is 18.9. The highest BCUT2D eigenvalue weighted by molar-refractivity contribution is 5.94. The van der Waals surface area contributed by atoms with Crippen LogP contribution in [0, 0.1) is 5.92 Å². The Balaban J connectivity index is 1.35. The third kappa shape index (κ3) is 4.06. The number of carbonyl (C=O) groups excluding carboxylic acids is 1. The first-order valence-electron chi connectivity index (χ1n) is 11.1. The van der Waals surface area contributed by atoms with Crippen LogP contribution in [0.3, 0.4) is 0 Å². The standard InChI is InChI=1S/C26H27N3O3/c1-32-23-9-4-19(5-10-23)18-2-7-22(8-3-18)29-16-21(6-11-25(29)30)26(31)27-24-17-28-14-12-20(24)13-15-28/h2-11,16,20,24H,12-15,17H2,1H3,(H,27,31). The van der Waals surface area contributed by atoms with Gasteiger partial charge in [-0.15, -0.1) is 0 Å². The van der Waals surface area contributed by atoms with Crippen molar-refractivity contribution < 1.29 is 9.53 Å². The zero-order chi connectivity index (χ0) is 22.1. The average molecular weight is 430 g/mol. The van der Waals surface area contributed by atoms with Gasteiger partial charge in [0.05, 0.1) is 12.7 Å². The van der Waals surface area contributed by atoms with Crippen LogP contribution in [0.5, 0.6) is 5.75 Å². The van der Waals surface area contributed by atoms with Crippen molar-refractivity contribution >= 4 is 5.91 Å². The van der Waals surface area contributed by atoms with Crippen LogP contribution in [-0.4, -0.2) is 48.2 Å². The van der Waals surface area contributed by atoms with E-state index >= 15 is 0 Å². The number of fused-ring (bicyclic) bond motifs is 3. The Labute approximate surface area is 187 Å². The van der Waals surface area contributed by atoms with Gasteiger partial charge in [0.15, 0.2) is 0 Å². The quantitative estimate of drug-likeness (QED) is 0.676. The number of aromatic nitrogens is 1. The summed E-state index contributed by atoms with van der Waals surface area (Å²) in [7, 11) is 1.65. The normalized spacial score (nSPS) is 21.8. The minimum atomic E-state index is -0.165. The Kier molecular flexibility index (Phi) is 5.53. The zero-order valence-corrected chi connectivity index (χ0v) is 18.2. The van der Waals surface area contributed by atoms with Gasteiger partial charge < -0.3 is 15.0 Å². The van der Waals surface area contributed by atoms with Crippen LogP contribution in [-0.2, 0) is 0 Å². The SMILES string of the molecule is COc1ccc(-c2ccc(-n3cc(C(=O)NC4CN5CCC4CC5)ccc3=O)cc2)cc1. The minimum absolute atomic E-state index is 0.118. The fourth-order valence-corrected chi connectivity index (χ4v) is 4.80. The lowest BCUT2D eigenvalue weighted by Gasteiger charge is -2.44. The first kappa shape index (κ1) is 20.5. The highest BCUT2D eigenvalue weighted by atomic mass is 16.5. The van der Waals surface area contributed by atoms with Gasteiger partial charge in [0, 0.05) is 30.5 Å². The van der Waals surface area contributed by atoms with Crippen LogP contribution in [0.2, 0.25) is 0 Å². The lowest BCUT2D eigenvalue weighted by atomic mass is 9.84. The maximum absolute atomic E-state index is 12.9. The first-order valence-corrected chi connectivity index (χ1v) is 11.1. The number of rotatable bonds is 5. The maximum atomic E-state index is 12.9. The smallest absolute Gasteiger partial charge is 0.255 e. The van der Waals surface area contributed by atoms with E-state index in [4.69, 9.17) is 4.74 Å². The van der Waals surface area contributed by atoms with E-state index in [1.165, 1.54) is 10.6 Å². The molecule has 2 aromatic carbocycles. The molecular formula is C26H27N3O3. The fraction of sp³-hybridized carbons (Fsp3) is 0.308. The lowest BCUT2D eigenvalue weighted by molar-refractivity contribution is 0.0620. The van der Waals surface area contributed by atoms with E-state index in [0.29, 0.717) is 11.5 Å². The van der Waals surface area contributed by atoms with Crippen LogP contribution in [0.25, 0.3) is 16.8 Å². The Bertz CT molecular complexity index is 1160. The molecule has 1 N–H and O–H groups in total. The summed E-state index contributed by atoms with van der Waals surface area (Å²) < 4.78 is 6.75. The van der Waals surface area contributed by atoms with Crippen LogP contribution in [0.15, 0.2) is 71.7 Å². The van der Waals surface area contributed by atoms with Crippen molar-refractivity contribution in [2.75, 3.05) is 26.7 Å². The number of methoxy groups -OCH3 is 1. The molecule has 2 bridgehead atoms. The number of nitrogens with zero attached hydrogens (tertiary/aromatic N) is 2. The van der Waals surface area contributed by atoms with Gasteiger partial charge in [0.25, 0.3) is 11.5 Å². The molecule has 3 aliphatic rings. The molecule has 0 saturated carbocycles. The molecule has 32 heavy (non-hydrogen) atoms. The van der Waals surface area contributed by atoms with Gasteiger partial charge in [-0.25, -0.2) is 0 Å². The van der Waals surface area contributed by atoms with Crippen molar-refractivity contribution in [3.8, 4) is 22.6 Å². The van der Waals surface area contributed by atoms with Gasteiger partial charge in [-0.05, 0) is 73.3 Å². The molecule has 0 spiro atoms. The van der Waals surface area contributed by atoms with E-state index in [0.717, 1.165) is 55.0 Å². The number of benzene rings is 2. The monoisotopic (exact) mass is 429 g/mol. The molecule has 3 fully saturated rings. The minimum Gasteiger partial charge on any atom is -0.497 e. The van der Waals surface area contributed by atoms with Crippen molar-refractivity contribution in [3.05, 3.63) is 82.8 Å². The largest absolute Gasteiger partial charge is 0.497 e. The summed E-state index contributed by atoms with van der Waals surface area (Å²) >= 11 is 0. The maximum Gasteiger partial charge on any atom is 0.255 e. The molecule has 0 aliphatic carbocycles. The van der Waals surface area contributed by atoms with Gasteiger partial charge in [-0.1, -0.05) is 24.3 Å². The summed E-state index contributed by atoms with van der Waals surface area (Å²) in [4.78, 5) is 27.9. The summed E-state index contributed by atoms with van der Waals surface area (Å²) in [6.07, 6.45) is 3.93. The highest BCUT2D eigenvalue weighted by Gasteiger charge is 2.35. The molecule has 1 unspecified atom stereocenters. The molecule has 1 aromatic heterocycles. The molecule has 1 amide bonds. The molecule has 0 radical (unpaired) electrons. The van der Waals surface area contributed by atoms with Crippen molar-refractivity contribution in [2.24, 2.45) is 5.92 Å². The number of nitrogens with one attached hydrogen (secondary N) is 1. The topological polar surface area (TPSA) is 63.6 Å². The molecule has 3 aliphatic heterocycles. The van der Waals surface area contributed by atoms with E-state index in [9.17, 15) is 9.59 Å². The molecule has 1 atom stereocenters. The second-order valence-corrected chi connectivity index (χ2v) is 8.62. The molecule has 6 heteroatoms. The number of hydrogen-bond donors (Lipinski definition) is 1. The number of pyridine rings is 1. The van der Waals surface area contributed by atoms with E-state index < -0.39 is 0 Å². The van der Waals surface area contributed by atoms with Crippen molar-refractivity contribution in [2.45, 2.75) is 18.9 Å². The van der Waals surface area contributed by atoms with Gasteiger partial charge in [-0.2, -0.15) is 0 Å². The Morgan fingerprint density at radius 3 is 2.19 bits per heavy atom. The number of ether oxygens (including phenoxy) is 1. The van der Waals surface area contributed by atoms with Gasteiger partial charge in [-0.3, -0.25) is 14.2 Å². The van der Waals surface area contributed by atoms with Gasteiger partial charge in [0.2, 0.25) is 0 Å². The third-order valence-corrected chi connectivity index (χ3v) is 6.71. The molecule has 3 aromatic rings. The fourth-order valence-electron chi connectivity index (χ4n) is 4.80. The van der Waals surface area contributed by atoms with E-state index in [2.05, 4.69) is 10.2 Å². The van der Waals surface area contributed by atoms with Crippen LogP contribution in [0.1, 0.15) is 23.2 Å². The second-order valence-electron chi connectivity index (χ2n) is 8.62. The number of piperidine rings is 3. The number of carbonyl (C=O) groups is 1. The van der Waals surface area contributed by atoms with E-state index in [-0.39, 0.29) is 17.5 Å². The van der Waals surface area contributed by atoms with E-state index in [1.807, 2.05) is 48.5 Å².